The first kappa shape index (κ1) is 21.8. The van der Waals surface area contributed by atoms with Crippen molar-refractivity contribution in [2.24, 2.45) is 0 Å². The maximum atomic E-state index is 13.2. The third-order valence-electron chi connectivity index (χ3n) is 6.34. The highest BCUT2D eigenvalue weighted by Crippen LogP contribution is 2.36. The number of amides is 1. The number of ether oxygens (including phenoxy) is 1. The van der Waals surface area contributed by atoms with Crippen molar-refractivity contribution in [1.82, 2.24) is 24.5 Å². The van der Waals surface area contributed by atoms with Crippen molar-refractivity contribution in [3.63, 3.8) is 0 Å². The van der Waals surface area contributed by atoms with E-state index in [1.165, 1.54) is 6.20 Å². The van der Waals surface area contributed by atoms with Gasteiger partial charge in [-0.1, -0.05) is 0 Å². The lowest BCUT2D eigenvalue weighted by molar-refractivity contribution is -0.0324. The zero-order chi connectivity index (χ0) is 22.9. The summed E-state index contributed by atoms with van der Waals surface area (Å²) >= 11 is 0. The van der Waals surface area contributed by atoms with Gasteiger partial charge in [0.25, 0.3) is 11.5 Å². The molecule has 1 fully saturated rings. The topological polar surface area (TPSA) is 115 Å². The number of hydrogen-bond donors (Lipinski definition) is 3. The average molecular weight is 440 g/mol. The first-order chi connectivity index (χ1) is 15.4. The van der Waals surface area contributed by atoms with E-state index in [1.54, 1.807) is 42.4 Å². The zero-order valence-electron chi connectivity index (χ0n) is 18.8. The Bertz CT molecular complexity index is 1190. The van der Waals surface area contributed by atoms with Crippen LogP contribution in [0.15, 0.2) is 35.4 Å². The Morgan fingerprint density at radius 1 is 1.28 bits per heavy atom. The van der Waals surface area contributed by atoms with E-state index in [-0.39, 0.29) is 23.1 Å². The molecule has 0 saturated heterocycles. The van der Waals surface area contributed by atoms with Gasteiger partial charge in [-0.05, 0) is 44.7 Å². The summed E-state index contributed by atoms with van der Waals surface area (Å²) < 4.78 is 8.98. The van der Waals surface area contributed by atoms with Crippen molar-refractivity contribution < 1.29 is 9.53 Å². The van der Waals surface area contributed by atoms with Gasteiger partial charge in [-0.15, -0.1) is 0 Å². The summed E-state index contributed by atoms with van der Waals surface area (Å²) in [5.74, 6) is 0.794. The molecule has 10 heteroatoms. The molecule has 1 saturated carbocycles. The number of nitrogens with one attached hydrogen (secondary N) is 3. The summed E-state index contributed by atoms with van der Waals surface area (Å²) in [6.07, 6.45) is 6.89. The lowest BCUT2D eigenvalue weighted by Gasteiger charge is -2.36. The Balaban J connectivity index is 1.66. The minimum Gasteiger partial charge on any atom is -0.379 e. The Morgan fingerprint density at radius 2 is 2.03 bits per heavy atom. The van der Waals surface area contributed by atoms with E-state index in [4.69, 9.17) is 4.74 Å². The predicted molar refractivity (Wildman–Crippen MR) is 123 cm³/mol. The van der Waals surface area contributed by atoms with E-state index in [9.17, 15) is 9.59 Å². The maximum absolute atomic E-state index is 13.2. The first-order valence-electron chi connectivity index (χ1n) is 10.7. The average Bonchev–Trinajstić information content (AvgIpc) is 3.24. The van der Waals surface area contributed by atoms with Crippen LogP contribution in [-0.4, -0.2) is 51.9 Å². The van der Waals surface area contributed by atoms with Gasteiger partial charge in [0.2, 0.25) is 0 Å². The molecule has 1 aliphatic carbocycles. The smallest absolute Gasteiger partial charge is 0.274 e. The fourth-order valence-corrected chi connectivity index (χ4v) is 4.23. The van der Waals surface area contributed by atoms with E-state index in [0.717, 1.165) is 25.7 Å². The Kier molecular flexibility index (Phi) is 5.88. The largest absolute Gasteiger partial charge is 0.379 e. The number of hydrogen-bond acceptors (Lipinski definition) is 7. The number of pyridine rings is 1. The molecule has 0 aromatic carbocycles. The molecular weight excluding hydrogens is 410 g/mol. The highest BCUT2D eigenvalue weighted by Gasteiger charge is 2.32. The Labute approximate surface area is 186 Å². The standard InChI is InChI=1S/C22H29N7O3/c1-22(32-4)9-7-14(8-10-22)28-11-5-6-16(21(28)31)26-17-12-18(23-2)29-19(27-17)15(13-25-29)20(30)24-3/h5-6,11-14,23H,7-10H2,1-4H3,(H,24,30)(H,26,27). The van der Waals surface area contributed by atoms with Crippen LogP contribution in [-0.2, 0) is 4.74 Å². The quantitative estimate of drug-likeness (QED) is 0.541. The molecule has 170 valence electrons. The summed E-state index contributed by atoms with van der Waals surface area (Å²) in [5.41, 5.74) is 0.938. The number of methoxy groups -OCH3 is 1. The number of nitrogens with zero attached hydrogens (tertiary/aromatic N) is 4. The van der Waals surface area contributed by atoms with Crippen LogP contribution < -0.4 is 21.5 Å². The van der Waals surface area contributed by atoms with Crippen LogP contribution in [0.1, 0.15) is 49.0 Å². The van der Waals surface area contributed by atoms with Crippen molar-refractivity contribution in [1.29, 1.82) is 0 Å². The lowest BCUT2D eigenvalue weighted by Crippen LogP contribution is -2.36. The summed E-state index contributed by atoms with van der Waals surface area (Å²) in [6, 6.07) is 5.47. The van der Waals surface area contributed by atoms with Gasteiger partial charge in [0.1, 0.15) is 22.9 Å². The summed E-state index contributed by atoms with van der Waals surface area (Å²) in [5, 5.41) is 13.0. The molecule has 0 atom stereocenters. The molecular formula is C22H29N7O3. The van der Waals surface area contributed by atoms with Crippen LogP contribution in [0.4, 0.5) is 17.3 Å². The van der Waals surface area contributed by atoms with Gasteiger partial charge in [0, 0.05) is 39.5 Å². The van der Waals surface area contributed by atoms with Crippen LogP contribution in [0.2, 0.25) is 0 Å². The second-order valence-electron chi connectivity index (χ2n) is 8.29. The number of fused-ring (bicyclic) bond motifs is 1. The minimum absolute atomic E-state index is 0.105. The molecule has 0 spiro atoms. The SMILES string of the molecule is CNC(=O)c1cnn2c(NC)cc(Nc3cccn(C4CCC(C)(OC)CC4)c3=O)nc12. The van der Waals surface area contributed by atoms with E-state index < -0.39 is 0 Å². The second kappa shape index (κ2) is 8.62. The molecule has 0 aliphatic heterocycles. The van der Waals surface area contributed by atoms with E-state index in [0.29, 0.717) is 28.5 Å². The van der Waals surface area contributed by atoms with Crippen LogP contribution in [0.5, 0.6) is 0 Å². The van der Waals surface area contributed by atoms with E-state index >= 15 is 0 Å². The molecule has 3 aromatic heterocycles. The van der Waals surface area contributed by atoms with Crippen molar-refractivity contribution in [2.75, 3.05) is 31.8 Å². The van der Waals surface area contributed by atoms with Crippen molar-refractivity contribution in [3.05, 3.63) is 46.5 Å². The van der Waals surface area contributed by atoms with Crippen molar-refractivity contribution >= 4 is 28.9 Å². The highest BCUT2D eigenvalue weighted by molar-refractivity contribution is 5.99. The van der Waals surface area contributed by atoms with E-state index in [2.05, 4.69) is 33.0 Å². The summed E-state index contributed by atoms with van der Waals surface area (Å²) in [7, 11) is 5.06. The van der Waals surface area contributed by atoms with Gasteiger partial charge in [0.05, 0.1) is 11.8 Å². The van der Waals surface area contributed by atoms with Gasteiger partial charge in [-0.25, -0.2) is 4.98 Å². The summed E-state index contributed by atoms with van der Waals surface area (Å²) in [6.45, 7) is 2.12. The van der Waals surface area contributed by atoms with Crippen molar-refractivity contribution in [3.8, 4) is 0 Å². The third kappa shape index (κ3) is 3.93. The van der Waals surface area contributed by atoms with E-state index in [1.807, 2.05) is 12.3 Å². The molecule has 1 amide bonds. The molecule has 3 heterocycles. The highest BCUT2D eigenvalue weighted by atomic mass is 16.5. The molecule has 3 aromatic rings. The number of carbonyl (C=O) groups is 1. The zero-order valence-corrected chi connectivity index (χ0v) is 18.8. The molecule has 0 radical (unpaired) electrons. The fraction of sp³-hybridized carbons (Fsp3) is 0.455. The number of carbonyl (C=O) groups excluding carboxylic acids is 1. The predicted octanol–water partition coefficient (Wildman–Crippen LogP) is 2.56. The van der Waals surface area contributed by atoms with Crippen LogP contribution >= 0.6 is 0 Å². The third-order valence-corrected chi connectivity index (χ3v) is 6.34. The maximum Gasteiger partial charge on any atom is 0.274 e. The lowest BCUT2D eigenvalue weighted by atomic mass is 9.83. The molecule has 3 N–H and O–H groups in total. The molecule has 32 heavy (non-hydrogen) atoms. The Morgan fingerprint density at radius 3 is 2.69 bits per heavy atom. The van der Waals surface area contributed by atoms with Gasteiger partial charge in [0.15, 0.2) is 5.65 Å². The minimum atomic E-state index is -0.283. The van der Waals surface area contributed by atoms with Crippen LogP contribution in [0, 0.1) is 0 Å². The number of aromatic nitrogens is 4. The first-order valence-corrected chi connectivity index (χ1v) is 10.7. The second-order valence-corrected chi connectivity index (χ2v) is 8.29. The Hall–Kier alpha value is -3.40. The monoisotopic (exact) mass is 439 g/mol. The molecule has 10 nitrogen and oxygen atoms in total. The number of anilines is 3. The van der Waals surface area contributed by atoms with Crippen LogP contribution in [0.25, 0.3) is 5.65 Å². The van der Waals surface area contributed by atoms with Crippen LogP contribution in [0.3, 0.4) is 0 Å². The number of rotatable bonds is 6. The molecule has 0 unspecified atom stereocenters. The molecule has 1 aliphatic rings. The molecule has 4 rings (SSSR count). The summed E-state index contributed by atoms with van der Waals surface area (Å²) in [4.78, 5) is 30.0. The van der Waals surface area contributed by atoms with Gasteiger partial charge >= 0.3 is 0 Å². The van der Waals surface area contributed by atoms with Gasteiger partial charge in [-0.2, -0.15) is 9.61 Å². The van der Waals surface area contributed by atoms with Gasteiger partial charge in [-0.3, -0.25) is 9.59 Å². The van der Waals surface area contributed by atoms with Gasteiger partial charge < -0.3 is 25.3 Å². The van der Waals surface area contributed by atoms with Crippen molar-refractivity contribution in [2.45, 2.75) is 44.2 Å². The fourth-order valence-electron chi connectivity index (χ4n) is 4.23. The normalized spacial score (nSPS) is 20.8. The molecule has 0 bridgehead atoms.